The second-order valence-electron chi connectivity index (χ2n) is 3.82. The molecule has 2 aromatic carbocycles. The molecular weight excluding hydrogens is 200 g/mol. The summed E-state index contributed by atoms with van der Waals surface area (Å²) in [6.45, 7) is 0. The van der Waals surface area contributed by atoms with Crippen LogP contribution in [0.15, 0.2) is 47.4 Å². The maximum atomic E-state index is 11.8. The summed E-state index contributed by atoms with van der Waals surface area (Å²) in [6, 6.07) is 11.8. The molecule has 0 aliphatic carbocycles. The molecule has 0 saturated carbocycles. The predicted octanol–water partition coefficient (Wildman–Crippen LogP) is 2.26. The molecule has 0 spiro atoms. The number of nitrogens with two attached hydrogens (primary N) is 1. The third-order valence-electron chi connectivity index (χ3n) is 2.78. The van der Waals surface area contributed by atoms with Gasteiger partial charge < -0.3 is 10.7 Å². The highest BCUT2D eigenvalue weighted by molar-refractivity contribution is 5.97. The van der Waals surface area contributed by atoms with E-state index in [-0.39, 0.29) is 11.1 Å². The highest BCUT2D eigenvalue weighted by Gasteiger charge is 2.03. The van der Waals surface area contributed by atoms with Crippen molar-refractivity contribution in [2.45, 2.75) is 0 Å². The number of fused-ring (bicyclic) bond motifs is 2. The Bertz CT molecular complexity index is 744. The second-order valence-corrected chi connectivity index (χ2v) is 3.82. The van der Waals surface area contributed by atoms with Crippen LogP contribution in [0.5, 0.6) is 0 Å². The zero-order valence-electron chi connectivity index (χ0n) is 8.53. The van der Waals surface area contributed by atoms with E-state index < -0.39 is 0 Å². The summed E-state index contributed by atoms with van der Waals surface area (Å²) in [5, 5.41) is 2.79. The summed E-state index contributed by atoms with van der Waals surface area (Å²) in [7, 11) is 0. The first-order chi connectivity index (χ1) is 7.75. The first-order valence-corrected chi connectivity index (χ1v) is 5.05. The Kier molecular flexibility index (Phi) is 1.74. The summed E-state index contributed by atoms with van der Waals surface area (Å²) in [4.78, 5) is 14.9. The highest BCUT2D eigenvalue weighted by atomic mass is 16.1. The van der Waals surface area contributed by atoms with E-state index in [1.54, 1.807) is 6.20 Å². The van der Waals surface area contributed by atoms with Crippen LogP contribution in [-0.2, 0) is 0 Å². The number of H-pyrrole nitrogens is 1. The molecule has 0 radical (unpaired) electrons. The van der Waals surface area contributed by atoms with E-state index in [4.69, 9.17) is 5.73 Å². The lowest BCUT2D eigenvalue weighted by molar-refractivity contribution is 1.40. The van der Waals surface area contributed by atoms with Crippen LogP contribution in [0.25, 0.3) is 21.7 Å². The standard InChI is InChI=1S/C13H10N2O/c14-11-7-15-12-6-9-4-2-1-3-8(9)5-10(12)13(11)16/h1-7H,14H2,(H,15,16). The van der Waals surface area contributed by atoms with Crippen molar-refractivity contribution in [3.63, 3.8) is 0 Å². The van der Waals surface area contributed by atoms with E-state index in [9.17, 15) is 4.79 Å². The average molecular weight is 210 g/mol. The molecule has 0 saturated heterocycles. The van der Waals surface area contributed by atoms with E-state index in [2.05, 4.69) is 4.98 Å². The number of anilines is 1. The van der Waals surface area contributed by atoms with Gasteiger partial charge in [0.25, 0.3) is 0 Å². The fraction of sp³-hybridized carbons (Fsp3) is 0. The molecule has 0 bridgehead atoms. The quantitative estimate of drug-likeness (QED) is 0.559. The van der Waals surface area contributed by atoms with E-state index in [0.717, 1.165) is 16.3 Å². The fourth-order valence-corrected chi connectivity index (χ4v) is 1.92. The molecule has 1 heterocycles. The summed E-state index contributed by atoms with van der Waals surface area (Å²) >= 11 is 0. The fourth-order valence-electron chi connectivity index (χ4n) is 1.92. The van der Waals surface area contributed by atoms with Gasteiger partial charge in [-0.05, 0) is 22.9 Å². The van der Waals surface area contributed by atoms with Crippen molar-refractivity contribution in [3.05, 3.63) is 52.8 Å². The third-order valence-corrected chi connectivity index (χ3v) is 2.78. The minimum Gasteiger partial charge on any atom is -0.394 e. The molecule has 0 amide bonds. The first-order valence-electron chi connectivity index (χ1n) is 5.05. The number of benzene rings is 2. The van der Waals surface area contributed by atoms with Crippen molar-refractivity contribution in [1.82, 2.24) is 4.98 Å². The van der Waals surface area contributed by atoms with Crippen LogP contribution in [-0.4, -0.2) is 4.98 Å². The summed E-state index contributed by atoms with van der Waals surface area (Å²) in [5.74, 6) is 0. The van der Waals surface area contributed by atoms with Crippen LogP contribution >= 0.6 is 0 Å². The van der Waals surface area contributed by atoms with Crippen molar-refractivity contribution in [2.75, 3.05) is 5.73 Å². The number of hydrogen-bond acceptors (Lipinski definition) is 2. The van der Waals surface area contributed by atoms with Crippen LogP contribution < -0.4 is 11.2 Å². The SMILES string of the molecule is Nc1c[nH]c2cc3ccccc3cc2c1=O. The Labute approximate surface area is 91.5 Å². The number of pyridine rings is 1. The third kappa shape index (κ3) is 1.18. The van der Waals surface area contributed by atoms with Gasteiger partial charge in [-0.15, -0.1) is 0 Å². The smallest absolute Gasteiger partial charge is 0.212 e. The lowest BCUT2D eigenvalue weighted by Crippen LogP contribution is -2.08. The van der Waals surface area contributed by atoms with E-state index in [1.807, 2.05) is 36.4 Å². The van der Waals surface area contributed by atoms with Gasteiger partial charge in [0, 0.05) is 11.6 Å². The highest BCUT2D eigenvalue weighted by Crippen LogP contribution is 2.19. The number of aromatic amines is 1. The molecule has 3 nitrogen and oxygen atoms in total. The molecular formula is C13H10N2O. The molecule has 3 heteroatoms. The maximum absolute atomic E-state index is 11.8. The molecule has 0 aliphatic rings. The lowest BCUT2D eigenvalue weighted by Gasteiger charge is -2.02. The Morgan fingerprint density at radius 1 is 1.06 bits per heavy atom. The molecule has 0 unspecified atom stereocenters. The van der Waals surface area contributed by atoms with Crippen molar-refractivity contribution >= 4 is 27.4 Å². The average Bonchev–Trinajstić information content (AvgIpc) is 2.32. The van der Waals surface area contributed by atoms with Gasteiger partial charge in [-0.1, -0.05) is 24.3 Å². The number of hydrogen-bond donors (Lipinski definition) is 2. The molecule has 1 aromatic heterocycles. The van der Waals surface area contributed by atoms with Gasteiger partial charge >= 0.3 is 0 Å². The zero-order valence-corrected chi connectivity index (χ0v) is 8.53. The van der Waals surface area contributed by atoms with E-state index >= 15 is 0 Å². The van der Waals surface area contributed by atoms with Gasteiger partial charge in [-0.2, -0.15) is 0 Å². The Morgan fingerprint density at radius 3 is 2.50 bits per heavy atom. The monoisotopic (exact) mass is 210 g/mol. The molecule has 3 N–H and O–H groups in total. The van der Waals surface area contributed by atoms with Crippen molar-refractivity contribution in [3.8, 4) is 0 Å². The van der Waals surface area contributed by atoms with Gasteiger partial charge in [0.1, 0.15) is 0 Å². The number of nitrogen functional groups attached to an aromatic ring is 1. The number of rotatable bonds is 0. The van der Waals surface area contributed by atoms with Gasteiger partial charge in [0.15, 0.2) is 0 Å². The van der Waals surface area contributed by atoms with Crippen LogP contribution in [0.2, 0.25) is 0 Å². The van der Waals surface area contributed by atoms with E-state index in [1.165, 1.54) is 0 Å². The lowest BCUT2D eigenvalue weighted by atomic mass is 10.1. The van der Waals surface area contributed by atoms with Crippen molar-refractivity contribution in [2.24, 2.45) is 0 Å². The number of nitrogens with one attached hydrogen (secondary N) is 1. The molecule has 0 fully saturated rings. The van der Waals surface area contributed by atoms with E-state index in [0.29, 0.717) is 5.39 Å². The molecule has 0 aliphatic heterocycles. The minimum atomic E-state index is -0.112. The van der Waals surface area contributed by atoms with Crippen molar-refractivity contribution in [1.29, 1.82) is 0 Å². The number of aromatic nitrogens is 1. The summed E-state index contributed by atoms with van der Waals surface area (Å²) in [6.07, 6.45) is 1.54. The maximum Gasteiger partial charge on any atom is 0.212 e. The molecule has 16 heavy (non-hydrogen) atoms. The van der Waals surface area contributed by atoms with Crippen molar-refractivity contribution < 1.29 is 0 Å². The normalized spacial score (nSPS) is 11.0. The topological polar surface area (TPSA) is 58.9 Å². The van der Waals surface area contributed by atoms with Crippen LogP contribution in [0, 0.1) is 0 Å². The predicted molar refractivity (Wildman–Crippen MR) is 66.5 cm³/mol. The molecule has 78 valence electrons. The largest absolute Gasteiger partial charge is 0.394 e. The van der Waals surface area contributed by atoms with Gasteiger partial charge in [-0.3, -0.25) is 4.79 Å². The van der Waals surface area contributed by atoms with Crippen LogP contribution in [0.3, 0.4) is 0 Å². The Balaban J connectivity index is 2.57. The van der Waals surface area contributed by atoms with Gasteiger partial charge in [-0.25, -0.2) is 0 Å². The zero-order chi connectivity index (χ0) is 11.1. The molecule has 3 aromatic rings. The first kappa shape index (κ1) is 8.97. The van der Waals surface area contributed by atoms with Gasteiger partial charge in [0.2, 0.25) is 5.43 Å². The summed E-state index contributed by atoms with van der Waals surface area (Å²) in [5.41, 5.74) is 6.54. The summed E-state index contributed by atoms with van der Waals surface area (Å²) < 4.78 is 0. The second kappa shape index (κ2) is 3.10. The molecule has 3 rings (SSSR count). The Hall–Kier alpha value is -2.29. The Morgan fingerprint density at radius 2 is 1.75 bits per heavy atom. The molecule has 0 atom stereocenters. The van der Waals surface area contributed by atoms with Crippen LogP contribution in [0.4, 0.5) is 5.69 Å². The van der Waals surface area contributed by atoms with Crippen LogP contribution in [0.1, 0.15) is 0 Å². The minimum absolute atomic E-state index is 0.112. The van der Waals surface area contributed by atoms with Gasteiger partial charge in [0.05, 0.1) is 11.2 Å².